The Kier molecular flexibility index (Phi) is 16.5. The molecule has 0 saturated carbocycles. The van der Waals surface area contributed by atoms with Gasteiger partial charge in [0.05, 0.1) is 0 Å². The molecule has 0 aromatic rings. The van der Waals surface area contributed by atoms with Gasteiger partial charge in [-0.2, -0.15) is 0 Å². The molecule has 0 rings (SSSR count). The van der Waals surface area contributed by atoms with Crippen molar-refractivity contribution >= 4 is 11.9 Å². The lowest BCUT2D eigenvalue weighted by Gasteiger charge is -2.45. The second kappa shape index (κ2) is 17.3. The smallest absolute Gasteiger partial charge is 0.331 e. The van der Waals surface area contributed by atoms with Crippen molar-refractivity contribution in [2.45, 2.75) is 131 Å². The van der Waals surface area contributed by atoms with Gasteiger partial charge < -0.3 is 10.2 Å². The molecule has 31 heavy (non-hydrogen) atoms. The molecule has 0 fully saturated rings. The number of hydrogen-bond acceptors (Lipinski definition) is 2. The van der Waals surface area contributed by atoms with Crippen LogP contribution >= 0.6 is 0 Å². The minimum absolute atomic E-state index is 0.244. The Morgan fingerprint density at radius 3 is 1.81 bits per heavy atom. The van der Waals surface area contributed by atoms with Gasteiger partial charge in [0, 0.05) is 17.4 Å². The second-order valence-electron chi connectivity index (χ2n) is 9.45. The van der Waals surface area contributed by atoms with Gasteiger partial charge in [0.15, 0.2) is 0 Å². The molecule has 0 aliphatic carbocycles. The highest BCUT2D eigenvalue weighted by Crippen LogP contribution is 2.50. The van der Waals surface area contributed by atoms with Crippen LogP contribution in [0.25, 0.3) is 0 Å². The van der Waals surface area contributed by atoms with Gasteiger partial charge in [-0.3, -0.25) is 4.79 Å². The molecule has 0 aliphatic rings. The van der Waals surface area contributed by atoms with Crippen molar-refractivity contribution in [3.05, 3.63) is 11.6 Å². The van der Waals surface area contributed by atoms with E-state index in [0.717, 1.165) is 64.2 Å². The summed E-state index contributed by atoms with van der Waals surface area (Å²) in [6, 6.07) is 0. The Hall–Kier alpha value is -1.32. The van der Waals surface area contributed by atoms with Gasteiger partial charge in [0.2, 0.25) is 0 Å². The fourth-order valence-corrected chi connectivity index (χ4v) is 5.07. The van der Waals surface area contributed by atoms with Crippen LogP contribution in [0.3, 0.4) is 0 Å². The molecule has 0 radical (unpaired) electrons. The van der Waals surface area contributed by atoms with E-state index in [4.69, 9.17) is 5.11 Å². The first-order chi connectivity index (χ1) is 14.8. The first-order valence-corrected chi connectivity index (χ1v) is 12.9. The maximum absolute atomic E-state index is 12.5. The second-order valence-corrected chi connectivity index (χ2v) is 9.45. The van der Waals surface area contributed by atoms with Crippen LogP contribution in [0.4, 0.5) is 0 Å². The van der Waals surface area contributed by atoms with E-state index in [1.54, 1.807) is 0 Å². The van der Waals surface area contributed by atoms with E-state index in [-0.39, 0.29) is 11.8 Å². The third-order valence-corrected chi connectivity index (χ3v) is 7.35. The molecule has 0 amide bonds. The number of aliphatic carboxylic acids is 2. The summed E-state index contributed by atoms with van der Waals surface area (Å²) in [5.41, 5.74) is 0.390. The van der Waals surface area contributed by atoms with Crippen LogP contribution in [0.15, 0.2) is 11.6 Å². The number of rotatable bonds is 20. The largest absolute Gasteiger partial charge is 0.481 e. The van der Waals surface area contributed by atoms with Gasteiger partial charge in [-0.05, 0) is 37.5 Å². The fourth-order valence-electron chi connectivity index (χ4n) is 5.07. The fraction of sp³-hybridized carbons (Fsp3) is 0.852. The summed E-state index contributed by atoms with van der Waals surface area (Å²) in [7, 11) is 0. The number of carboxylic acids is 2. The molecule has 2 N–H and O–H groups in total. The number of hydrogen-bond donors (Lipinski definition) is 2. The topological polar surface area (TPSA) is 74.6 Å². The highest BCUT2D eigenvalue weighted by atomic mass is 16.4. The van der Waals surface area contributed by atoms with Crippen molar-refractivity contribution in [2.75, 3.05) is 0 Å². The molecule has 2 atom stereocenters. The summed E-state index contributed by atoms with van der Waals surface area (Å²) in [5, 5.41) is 19.0. The van der Waals surface area contributed by atoms with E-state index in [1.807, 2.05) is 6.08 Å². The van der Waals surface area contributed by atoms with Crippen LogP contribution in [0.5, 0.6) is 0 Å². The van der Waals surface area contributed by atoms with E-state index in [0.29, 0.717) is 17.4 Å². The predicted molar refractivity (Wildman–Crippen MR) is 130 cm³/mol. The molecular formula is C27H50O4. The third-order valence-electron chi connectivity index (χ3n) is 7.35. The molecule has 0 heterocycles. The standard InChI is InChI=1S/C27H50O4/c1-6-9-10-15-18-21-27(22(4)7-2,23(5)8-3)24(26(30)31)19-16-13-11-12-14-17-20-25(28)29/h19,22-23H,6-18,20-21H2,1-5H3,(H,28,29)(H,30,31). The molecule has 182 valence electrons. The van der Waals surface area contributed by atoms with Crippen molar-refractivity contribution in [1.82, 2.24) is 0 Å². The lowest BCUT2D eigenvalue weighted by Crippen LogP contribution is -2.40. The van der Waals surface area contributed by atoms with E-state index in [2.05, 4.69) is 34.6 Å². The molecule has 2 unspecified atom stereocenters. The molecule has 0 aromatic carbocycles. The maximum atomic E-state index is 12.5. The number of allylic oxidation sites excluding steroid dienone is 1. The lowest BCUT2D eigenvalue weighted by atomic mass is 9.59. The van der Waals surface area contributed by atoms with E-state index in [1.165, 1.54) is 25.7 Å². The van der Waals surface area contributed by atoms with Gasteiger partial charge in [0.25, 0.3) is 0 Å². The SMILES string of the molecule is CCCCCCCC(C(=CCCCCCCCC(=O)O)C(=O)O)(C(C)CC)C(C)CC. The average molecular weight is 439 g/mol. The summed E-state index contributed by atoms with van der Waals surface area (Å²) >= 11 is 0. The summed E-state index contributed by atoms with van der Waals surface area (Å²) in [4.78, 5) is 23.1. The first kappa shape index (κ1) is 29.7. The minimum atomic E-state index is -0.740. The van der Waals surface area contributed by atoms with Crippen molar-refractivity contribution in [3.8, 4) is 0 Å². The Morgan fingerprint density at radius 2 is 1.29 bits per heavy atom. The van der Waals surface area contributed by atoms with Gasteiger partial charge in [-0.15, -0.1) is 0 Å². The van der Waals surface area contributed by atoms with Crippen LogP contribution in [-0.2, 0) is 9.59 Å². The van der Waals surface area contributed by atoms with Crippen LogP contribution in [-0.4, -0.2) is 22.2 Å². The van der Waals surface area contributed by atoms with Crippen LogP contribution < -0.4 is 0 Å². The van der Waals surface area contributed by atoms with Gasteiger partial charge in [0.1, 0.15) is 0 Å². The molecule has 0 spiro atoms. The predicted octanol–water partition coefficient (Wildman–Crippen LogP) is 8.25. The zero-order valence-electron chi connectivity index (χ0n) is 21.0. The van der Waals surface area contributed by atoms with Gasteiger partial charge in [-0.25, -0.2) is 4.79 Å². The lowest BCUT2D eigenvalue weighted by molar-refractivity contribution is -0.137. The Morgan fingerprint density at radius 1 is 0.774 bits per heavy atom. The molecule has 0 bridgehead atoms. The maximum Gasteiger partial charge on any atom is 0.331 e. The number of unbranched alkanes of at least 4 members (excludes halogenated alkanes) is 9. The van der Waals surface area contributed by atoms with Crippen molar-refractivity contribution in [1.29, 1.82) is 0 Å². The Bertz CT molecular complexity index is 513. The molecule has 0 saturated heterocycles. The van der Waals surface area contributed by atoms with Gasteiger partial charge >= 0.3 is 11.9 Å². The van der Waals surface area contributed by atoms with E-state index < -0.39 is 11.9 Å². The molecule has 0 aliphatic heterocycles. The van der Waals surface area contributed by atoms with Crippen molar-refractivity contribution in [2.24, 2.45) is 17.3 Å². The summed E-state index contributed by atoms with van der Waals surface area (Å²) < 4.78 is 0. The summed E-state index contributed by atoms with van der Waals surface area (Å²) in [6.45, 7) is 11.1. The summed E-state index contributed by atoms with van der Waals surface area (Å²) in [6.07, 6.45) is 16.7. The monoisotopic (exact) mass is 438 g/mol. The van der Waals surface area contributed by atoms with Crippen LogP contribution in [0.2, 0.25) is 0 Å². The zero-order valence-corrected chi connectivity index (χ0v) is 21.0. The third kappa shape index (κ3) is 10.7. The zero-order chi connectivity index (χ0) is 23.7. The van der Waals surface area contributed by atoms with Crippen LogP contribution in [0.1, 0.15) is 131 Å². The van der Waals surface area contributed by atoms with Gasteiger partial charge in [-0.1, -0.05) is 105 Å². The summed E-state index contributed by atoms with van der Waals surface area (Å²) in [5.74, 6) is -0.787. The first-order valence-electron chi connectivity index (χ1n) is 12.9. The van der Waals surface area contributed by atoms with Crippen molar-refractivity contribution < 1.29 is 19.8 Å². The molecular weight excluding hydrogens is 388 g/mol. The molecule has 4 nitrogen and oxygen atoms in total. The highest BCUT2D eigenvalue weighted by molar-refractivity contribution is 5.88. The highest BCUT2D eigenvalue weighted by Gasteiger charge is 2.44. The Labute approximate surface area is 191 Å². The average Bonchev–Trinajstić information content (AvgIpc) is 2.74. The minimum Gasteiger partial charge on any atom is -0.481 e. The normalized spacial score (nSPS) is 16.0. The Balaban J connectivity index is 5.29. The number of carboxylic acid groups (broad SMARTS) is 2. The van der Waals surface area contributed by atoms with E-state index >= 15 is 0 Å². The van der Waals surface area contributed by atoms with Crippen molar-refractivity contribution in [3.63, 3.8) is 0 Å². The quantitative estimate of drug-likeness (QED) is 0.148. The molecule has 4 heteroatoms. The molecule has 0 aromatic heterocycles. The number of carbonyl (C=O) groups is 2. The van der Waals surface area contributed by atoms with E-state index in [9.17, 15) is 14.7 Å². The van der Waals surface area contributed by atoms with Crippen LogP contribution in [0, 0.1) is 17.3 Å².